The molecule has 0 spiro atoms. The van der Waals surface area contributed by atoms with Gasteiger partial charge in [-0.25, -0.2) is 4.68 Å². The van der Waals surface area contributed by atoms with E-state index in [2.05, 4.69) is 15.6 Å². The van der Waals surface area contributed by atoms with Crippen LogP contribution in [0.4, 0.5) is 0 Å². The highest BCUT2D eigenvalue weighted by atomic mass is 16.5. The van der Waals surface area contributed by atoms with Gasteiger partial charge in [0.1, 0.15) is 17.5 Å². The van der Waals surface area contributed by atoms with E-state index in [-0.39, 0.29) is 23.9 Å². The van der Waals surface area contributed by atoms with E-state index in [1.807, 2.05) is 90.0 Å². The lowest BCUT2D eigenvalue weighted by Crippen LogP contribution is -2.51. The van der Waals surface area contributed by atoms with Crippen LogP contribution in [-0.2, 0) is 4.79 Å². The molecule has 8 nitrogen and oxygen atoms in total. The lowest BCUT2D eigenvalue weighted by atomic mass is 9.90. The second-order valence-corrected chi connectivity index (χ2v) is 12.0. The number of methoxy groups -OCH3 is 1. The highest BCUT2D eigenvalue weighted by Crippen LogP contribution is 2.34. The Morgan fingerprint density at radius 3 is 2.16 bits per heavy atom. The van der Waals surface area contributed by atoms with Crippen LogP contribution in [0.2, 0.25) is 0 Å². The minimum atomic E-state index is -0.734. The predicted octanol–water partition coefficient (Wildman–Crippen LogP) is 6.91. The number of aromatic nitrogens is 3. The van der Waals surface area contributed by atoms with E-state index in [0.29, 0.717) is 5.56 Å². The van der Waals surface area contributed by atoms with Crippen molar-refractivity contribution < 1.29 is 14.3 Å². The van der Waals surface area contributed by atoms with Gasteiger partial charge in [0.15, 0.2) is 0 Å². The van der Waals surface area contributed by atoms with Crippen LogP contribution < -0.4 is 10.1 Å². The van der Waals surface area contributed by atoms with Gasteiger partial charge < -0.3 is 15.0 Å². The summed E-state index contributed by atoms with van der Waals surface area (Å²) in [5.41, 5.74) is 3.92. The van der Waals surface area contributed by atoms with Crippen molar-refractivity contribution >= 4 is 11.8 Å². The summed E-state index contributed by atoms with van der Waals surface area (Å²) in [4.78, 5) is 30.6. The molecule has 1 N–H and O–H groups in total. The summed E-state index contributed by atoms with van der Waals surface area (Å²) in [7, 11) is 1.63. The van der Waals surface area contributed by atoms with E-state index < -0.39 is 6.04 Å². The molecule has 8 heteroatoms. The van der Waals surface area contributed by atoms with E-state index in [4.69, 9.17) is 4.74 Å². The summed E-state index contributed by atoms with van der Waals surface area (Å²) in [5.74, 6) is 0.482. The predicted molar refractivity (Wildman–Crippen MR) is 171 cm³/mol. The second-order valence-electron chi connectivity index (χ2n) is 12.0. The number of carbonyl (C=O) groups excluding carboxylic acids is 2. The molecule has 2 aliphatic carbocycles. The van der Waals surface area contributed by atoms with Crippen molar-refractivity contribution in [3.05, 3.63) is 96.2 Å². The molecule has 3 aromatic carbocycles. The minimum absolute atomic E-state index is 0.0242. The van der Waals surface area contributed by atoms with Crippen LogP contribution in [0.25, 0.3) is 16.9 Å². The molecule has 1 heterocycles. The Morgan fingerprint density at radius 2 is 1.50 bits per heavy atom. The first-order chi connectivity index (χ1) is 21.6. The number of hydrogen-bond acceptors (Lipinski definition) is 5. The maximum absolute atomic E-state index is 14.5. The van der Waals surface area contributed by atoms with Crippen molar-refractivity contribution in [1.29, 1.82) is 0 Å². The molecule has 1 unspecified atom stereocenters. The van der Waals surface area contributed by atoms with E-state index in [1.54, 1.807) is 11.8 Å². The zero-order valence-electron chi connectivity index (χ0n) is 25.4. The third kappa shape index (κ3) is 6.69. The van der Waals surface area contributed by atoms with Gasteiger partial charge in [0.05, 0.1) is 19.0 Å². The molecule has 1 atom stereocenters. The zero-order chi connectivity index (χ0) is 30.3. The molecule has 2 aliphatic rings. The fourth-order valence-corrected chi connectivity index (χ4v) is 6.64. The Balaban J connectivity index is 1.31. The molecule has 1 aromatic heterocycles. The fraction of sp³-hybridized carbons (Fsp3) is 0.389. The summed E-state index contributed by atoms with van der Waals surface area (Å²) in [6.07, 6.45) is 12.3. The van der Waals surface area contributed by atoms with Crippen molar-refractivity contribution in [2.75, 3.05) is 7.11 Å². The Hall–Kier alpha value is -4.46. The van der Waals surface area contributed by atoms with E-state index in [9.17, 15) is 9.59 Å². The van der Waals surface area contributed by atoms with Gasteiger partial charge in [-0.1, -0.05) is 86.2 Å². The van der Waals surface area contributed by atoms with Crippen LogP contribution in [0, 0.1) is 0 Å². The molecule has 6 rings (SSSR count). The molecular formula is C36H41N5O3. The SMILES string of the molecule is COc1ccc(C(C(=O)NC2CCCCC2)N(C(=O)c2ccc(-n3cc(-c4ccccc4)nn3)cc2)C2CCCCC2)cc1. The average Bonchev–Trinajstić information content (AvgIpc) is 3.59. The Bertz CT molecular complexity index is 1520. The molecule has 0 radical (unpaired) electrons. The molecule has 4 aromatic rings. The first kappa shape index (κ1) is 29.6. The smallest absolute Gasteiger partial charge is 0.255 e. The topological polar surface area (TPSA) is 89.4 Å². The number of nitrogens with one attached hydrogen (secondary N) is 1. The molecular weight excluding hydrogens is 550 g/mol. The molecule has 2 amide bonds. The van der Waals surface area contributed by atoms with Gasteiger partial charge in [-0.2, -0.15) is 0 Å². The standard InChI is InChI=1S/C36H41N5O3/c1-44-32-23-19-27(20-24-32)34(35(42)37-29-13-7-3-8-14-29)41(31-15-9-4-10-16-31)36(43)28-17-21-30(22-18-28)40-25-33(38-39-40)26-11-5-2-6-12-26/h2,5-6,11-12,17-25,29,31,34H,3-4,7-10,13-16H2,1H3,(H,37,42). The molecule has 0 bridgehead atoms. The molecule has 2 fully saturated rings. The first-order valence-corrected chi connectivity index (χ1v) is 16.0. The first-order valence-electron chi connectivity index (χ1n) is 16.0. The second kappa shape index (κ2) is 13.9. The number of nitrogens with zero attached hydrogens (tertiary/aromatic N) is 4. The van der Waals surface area contributed by atoms with Gasteiger partial charge in [0.25, 0.3) is 5.91 Å². The number of ether oxygens (including phenoxy) is 1. The summed E-state index contributed by atoms with van der Waals surface area (Å²) >= 11 is 0. The van der Waals surface area contributed by atoms with E-state index in [0.717, 1.165) is 86.0 Å². The summed E-state index contributed by atoms with van der Waals surface area (Å²) in [5, 5.41) is 12.0. The number of rotatable bonds is 9. The van der Waals surface area contributed by atoms with Crippen molar-refractivity contribution in [1.82, 2.24) is 25.2 Å². The summed E-state index contributed by atoms with van der Waals surface area (Å²) in [6, 6.07) is 24.3. The molecule has 44 heavy (non-hydrogen) atoms. The molecule has 0 saturated heterocycles. The van der Waals surface area contributed by atoms with Gasteiger partial charge in [-0.3, -0.25) is 9.59 Å². The third-order valence-corrected chi connectivity index (χ3v) is 9.05. The molecule has 2 saturated carbocycles. The maximum atomic E-state index is 14.5. The van der Waals surface area contributed by atoms with E-state index in [1.165, 1.54) is 6.42 Å². The van der Waals surface area contributed by atoms with Crippen molar-refractivity contribution in [3.8, 4) is 22.7 Å². The number of benzene rings is 3. The van der Waals surface area contributed by atoms with E-state index >= 15 is 0 Å². The van der Waals surface area contributed by atoms with Crippen molar-refractivity contribution in [2.24, 2.45) is 0 Å². The monoisotopic (exact) mass is 591 g/mol. The number of carbonyl (C=O) groups is 2. The lowest BCUT2D eigenvalue weighted by molar-refractivity contribution is -0.127. The summed E-state index contributed by atoms with van der Waals surface area (Å²) in [6.45, 7) is 0. The van der Waals surface area contributed by atoms with Crippen LogP contribution in [0.3, 0.4) is 0 Å². The summed E-state index contributed by atoms with van der Waals surface area (Å²) < 4.78 is 7.12. The van der Waals surface area contributed by atoms with Crippen LogP contribution in [-0.4, -0.2) is 50.9 Å². The third-order valence-electron chi connectivity index (χ3n) is 9.05. The highest BCUT2D eigenvalue weighted by molar-refractivity contribution is 5.98. The van der Waals surface area contributed by atoms with Gasteiger partial charge in [-0.15, -0.1) is 5.10 Å². The highest BCUT2D eigenvalue weighted by Gasteiger charge is 2.38. The van der Waals surface area contributed by atoms with Crippen LogP contribution >= 0.6 is 0 Å². The van der Waals surface area contributed by atoms with Crippen LogP contribution in [0.5, 0.6) is 5.75 Å². The fourth-order valence-electron chi connectivity index (χ4n) is 6.64. The van der Waals surface area contributed by atoms with Crippen molar-refractivity contribution in [2.45, 2.75) is 82.3 Å². The largest absolute Gasteiger partial charge is 0.497 e. The molecule has 228 valence electrons. The van der Waals surface area contributed by atoms with Gasteiger partial charge in [-0.05, 0) is 67.6 Å². The van der Waals surface area contributed by atoms with Crippen LogP contribution in [0.15, 0.2) is 85.1 Å². The average molecular weight is 592 g/mol. The normalized spacial score (nSPS) is 16.7. The quantitative estimate of drug-likeness (QED) is 0.229. The van der Waals surface area contributed by atoms with Crippen LogP contribution in [0.1, 0.15) is 86.2 Å². The Kier molecular flexibility index (Phi) is 9.34. The van der Waals surface area contributed by atoms with Crippen molar-refractivity contribution in [3.63, 3.8) is 0 Å². The number of hydrogen-bond donors (Lipinski definition) is 1. The Morgan fingerprint density at radius 1 is 0.841 bits per heavy atom. The van der Waals surface area contributed by atoms with Gasteiger partial charge in [0, 0.05) is 23.2 Å². The van der Waals surface area contributed by atoms with Gasteiger partial charge >= 0.3 is 0 Å². The zero-order valence-corrected chi connectivity index (χ0v) is 25.4. The molecule has 0 aliphatic heterocycles. The minimum Gasteiger partial charge on any atom is -0.497 e. The Labute approximate surface area is 259 Å². The number of amides is 2. The maximum Gasteiger partial charge on any atom is 0.255 e. The lowest BCUT2D eigenvalue weighted by Gasteiger charge is -2.40. The van der Waals surface area contributed by atoms with Gasteiger partial charge in [0.2, 0.25) is 5.91 Å².